The maximum atomic E-state index is 9.23. The SMILES string of the molecule is Cc1nnc(CN2CC(CO)OCC2C)n1C1CC1. The van der Waals surface area contributed by atoms with E-state index in [-0.39, 0.29) is 12.7 Å². The van der Waals surface area contributed by atoms with Crippen molar-refractivity contribution < 1.29 is 9.84 Å². The first-order valence-corrected chi connectivity index (χ1v) is 7.06. The van der Waals surface area contributed by atoms with Gasteiger partial charge in [0.1, 0.15) is 11.6 Å². The zero-order valence-electron chi connectivity index (χ0n) is 11.6. The Morgan fingerprint density at radius 2 is 2.16 bits per heavy atom. The molecule has 1 aromatic rings. The van der Waals surface area contributed by atoms with Gasteiger partial charge in [-0.15, -0.1) is 10.2 Å². The summed E-state index contributed by atoms with van der Waals surface area (Å²) in [5.41, 5.74) is 0. The van der Waals surface area contributed by atoms with Crippen LogP contribution in [0.5, 0.6) is 0 Å². The van der Waals surface area contributed by atoms with Crippen molar-refractivity contribution in [2.75, 3.05) is 19.8 Å². The fraction of sp³-hybridized carbons (Fsp3) is 0.846. The number of ether oxygens (including phenoxy) is 1. The number of aromatic nitrogens is 3. The highest BCUT2D eigenvalue weighted by molar-refractivity contribution is 5.02. The van der Waals surface area contributed by atoms with Crippen LogP contribution in [-0.4, -0.2) is 56.7 Å². The number of rotatable bonds is 4. The maximum Gasteiger partial charge on any atom is 0.147 e. The monoisotopic (exact) mass is 266 g/mol. The summed E-state index contributed by atoms with van der Waals surface area (Å²) in [6.45, 7) is 6.47. The molecule has 0 radical (unpaired) electrons. The minimum absolute atomic E-state index is 0.0745. The lowest BCUT2D eigenvalue weighted by Crippen LogP contribution is -2.49. The van der Waals surface area contributed by atoms with Crippen LogP contribution in [0.15, 0.2) is 0 Å². The number of morpholine rings is 1. The van der Waals surface area contributed by atoms with Crippen molar-refractivity contribution in [3.8, 4) is 0 Å². The number of nitrogens with zero attached hydrogens (tertiary/aromatic N) is 4. The van der Waals surface area contributed by atoms with E-state index in [4.69, 9.17) is 4.74 Å². The fourth-order valence-corrected chi connectivity index (χ4v) is 2.72. The van der Waals surface area contributed by atoms with Crippen LogP contribution in [0.2, 0.25) is 0 Å². The van der Waals surface area contributed by atoms with E-state index in [0.29, 0.717) is 18.7 Å². The number of hydrogen-bond donors (Lipinski definition) is 1. The number of aliphatic hydroxyl groups excluding tert-OH is 1. The highest BCUT2D eigenvalue weighted by Gasteiger charge is 2.31. The van der Waals surface area contributed by atoms with Crippen LogP contribution in [0.1, 0.15) is 37.5 Å². The largest absolute Gasteiger partial charge is 0.394 e. The molecular formula is C13H22N4O2. The molecule has 0 aromatic carbocycles. The Balaban J connectivity index is 1.73. The molecule has 2 atom stereocenters. The van der Waals surface area contributed by atoms with E-state index in [1.807, 2.05) is 6.92 Å². The van der Waals surface area contributed by atoms with Crippen LogP contribution in [0, 0.1) is 6.92 Å². The summed E-state index contributed by atoms with van der Waals surface area (Å²) >= 11 is 0. The summed E-state index contributed by atoms with van der Waals surface area (Å²) in [5.74, 6) is 2.06. The van der Waals surface area contributed by atoms with Crippen molar-refractivity contribution in [3.63, 3.8) is 0 Å². The van der Waals surface area contributed by atoms with E-state index < -0.39 is 0 Å². The van der Waals surface area contributed by atoms with E-state index in [0.717, 1.165) is 24.7 Å². The first-order valence-electron chi connectivity index (χ1n) is 7.06. The third-order valence-corrected chi connectivity index (χ3v) is 4.03. The summed E-state index contributed by atoms with van der Waals surface area (Å²) in [4.78, 5) is 2.33. The van der Waals surface area contributed by atoms with Gasteiger partial charge in [0.25, 0.3) is 0 Å². The van der Waals surface area contributed by atoms with Gasteiger partial charge < -0.3 is 14.4 Å². The van der Waals surface area contributed by atoms with Gasteiger partial charge in [0.15, 0.2) is 0 Å². The molecule has 1 aromatic heterocycles. The lowest BCUT2D eigenvalue weighted by molar-refractivity contribution is -0.0814. The van der Waals surface area contributed by atoms with Gasteiger partial charge in [-0.25, -0.2) is 0 Å². The summed E-state index contributed by atoms with van der Waals surface area (Å²) in [6, 6.07) is 0.961. The third-order valence-electron chi connectivity index (χ3n) is 4.03. The molecule has 19 heavy (non-hydrogen) atoms. The Kier molecular flexibility index (Phi) is 3.56. The molecule has 1 N–H and O–H groups in total. The number of aliphatic hydroxyl groups is 1. The summed E-state index contributed by atoms with van der Waals surface area (Å²) < 4.78 is 7.84. The van der Waals surface area contributed by atoms with Crippen LogP contribution in [-0.2, 0) is 11.3 Å². The summed E-state index contributed by atoms with van der Waals surface area (Å²) in [5, 5.41) is 17.8. The highest BCUT2D eigenvalue weighted by Crippen LogP contribution is 2.36. The molecule has 6 nitrogen and oxygen atoms in total. The van der Waals surface area contributed by atoms with Crippen LogP contribution >= 0.6 is 0 Å². The molecule has 0 spiro atoms. The van der Waals surface area contributed by atoms with Gasteiger partial charge in [0.2, 0.25) is 0 Å². The average molecular weight is 266 g/mol. The molecule has 106 valence electrons. The van der Waals surface area contributed by atoms with Crippen LogP contribution < -0.4 is 0 Å². The van der Waals surface area contributed by atoms with E-state index in [2.05, 4.69) is 26.6 Å². The second-order valence-electron chi connectivity index (χ2n) is 5.68. The van der Waals surface area contributed by atoms with Crippen molar-refractivity contribution >= 4 is 0 Å². The Morgan fingerprint density at radius 3 is 2.84 bits per heavy atom. The molecule has 6 heteroatoms. The quantitative estimate of drug-likeness (QED) is 0.860. The van der Waals surface area contributed by atoms with Gasteiger partial charge in [-0.05, 0) is 26.7 Å². The molecule has 0 bridgehead atoms. The molecule has 2 unspecified atom stereocenters. The first-order chi connectivity index (χ1) is 9.19. The van der Waals surface area contributed by atoms with Gasteiger partial charge >= 0.3 is 0 Å². The van der Waals surface area contributed by atoms with Crippen molar-refractivity contribution in [3.05, 3.63) is 11.6 Å². The first kappa shape index (κ1) is 13.0. The summed E-state index contributed by atoms with van der Waals surface area (Å²) in [7, 11) is 0. The fourth-order valence-electron chi connectivity index (χ4n) is 2.72. The Hall–Kier alpha value is -0.980. The molecule has 2 fully saturated rings. The Labute approximate surface area is 113 Å². The van der Waals surface area contributed by atoms with Crippen molar-refractivity contribution in [1.29, 1.82) is 0 Å². The zero-order chi connectivity index (χ0) is 13.4. The number of hydrogen-bond acceptors (Lipinski definition) is 5. The lowest BCUT2D eigenvalue weighted by atomic mass is 10.2. The van der Waals surface area contributed by atoms with Crippen LogP contribution in [0.4, 0.5) is 0 Å². The van der Waals surface area contributed by atoms with E-state index in [1.165, 1.54) is 12.8 Å². The average Bonchev–Trinajstić information content (AvgIpc) is 3.17. The molecule has 1 saturated heterocycles. The summed E-state index contributed by atoms with van der Waals surface area (Å²) in [6.07, 6.45) is 2.41. The van der Waals surface area contributed by atoms with Gasteiger partial charge in [-0.3, -0.25) is 4.90 Å². The predicted octanol–water partition coefficient (Wildman–Crippen LogP) is 0.503. The second-order valence-corrected chi connectivity index (χ2v) is 5.68. The minimum Gasteiger partial charge on any atom is -0.394 e. The predicted molar refractivity (Wildman–Crippen MR) is 69.7 cm³/mol. The molecular weight excluding hydrogens is 244 g/mol. The molecule has 1 aliphatic carbocycles. The molecule has 3 rings (SSSR count). The van der Waals surface area contributed by atoms with E-state index >= 15 is 0 Å². The highest BCUT2D eigenvalue weighted by atomic mass is 16.5. The van der Waals surface area contributed by atoms with E-state index in [1.54, 1.807) is 0 Å². The van der Waals surface area contributed by atoms with Crippen molar-refractivity contribution in [1.82, 2.24) is 19.7 Å². The molecule has 0 amide bonds. The molecule has 1 saturated carbocycles. The van der Waals surface area contributed by atoms with Gasteiger partial charge in [0, 0.05) is 18.6 Å². The molecule has 2 aliphatic rings. The molecule has 1 aliphatic heterocycles. The van der Waals surface area contributed by atoms with Gasteiger partial charge in [0.05, 0.1) is 25.9 Å². The van der Waals surface area contributed by atoms with E-state index in [9.17, 15) is 5.11 Å². The van der Waals surface area contributed by atoms with Crippen molar-refractivity contribution in [2.24, 2.45) is 0 Å². The van der Waals surface area contributed by atoms with Gasteiger partial charge in [-0.2, -0.15) is 0 Å². The third kappa shape index (κ3) is 2.66. The Bertz CT molecular complexity index is 444. The maximum absolute atomic E-state index is 9.23. The molecule has 2 heterocycles. The smallest absolute Gasteiger partial charge is 0.147 e. The zero-order valence-corrected chi connectivity index (χ0v) is 11.6. The lowest BCUT2D eigenvalue weighted by Gasteiger charge is -2.37. The second kappa shape index (κ2) is 5.19. The van der Waals surface area contributed by atoms with Crippen LogP contribution in [0.25, 0.3) is 0 Å². The number of aryl methyl sites for hydroxylation is 1. The van der Waals surface area contributed by atoms with Crippen molar-refractivity contribution in [2.45, 2.75) is 51.4 Å². The normalized spacial score (nSPS) is 28.8. The topological polar surface area (TPSA) is 63.4 Å². The standard InChI is InChI=1S/C13H22N4O2/c1-9-8-19-12(7-18)5-16(9)6-13-15-14-10(2)17(13)11-3-4-11/h9,11-12,18H,3-8H2,1-2H3. The van der Waals surface area contributed by atoms with Gasteiger partial charge in [-0.1, -0.05) is 0 Å². The van der Waals surface area contributed by atoms with Crippen LogP contribution in [0.3, 0.4) is 0 Å². The Morgan fingerprint density at radius 1 is 1.37 bits per heavy atom. The minimum atomic E-state index is -0.0745.